The molecular formula is C31H43N3O4S. The van der Waals surface area contributed by atoms with E-state index >= 15 is 0 Å². The fourth-order valence-electron chi connectivity index (χ4n) is 4.11. The van der Waals surface area contributed by atoms with E-state index < -0.39 is 29.3 Å². The van der Waals surface area contributed by atoms with Crippen molar-refractivity contribution in [2.24, 2.45) is 0 Å². The topological polar surface area (TPSA) is 87.7 Å². The van der Waals surface area contributed by atoms with Gasteiger partial charge in [0.15, 0.2) is 0 Å². The Labute approximate surface area is 237 Å². The van der Waals surface area contributed by atoms with Crippen molar-refractivity contribution in [1.82, 2.24) is 15.5 Å². The van der Waals surface area contributed by atoms with Crippen LogP contribution in [0.4, 0.5) is 4.79 Å². The molecule has 8 heteroatoms. The highest BCUT2D eigenvalue weighted by Gasteiger charge is 2.41. The van der Waals surface area contributed by atoms with Gasteiger partial charge in [-0.15, -0.1) is 0 Å². The summed E-state index contributed by atoms with van der Waals surface area (Å²) in [4.78, 5) is 42.5. The van der Waals surface area contributed by atoms with Gasteiger partial charge in [0.05, 0.1) is 0 Å². The van der Waals surface area contributed by atoms with Gasteiger partial charge in [-0.1, -0.05) is 61.2 Å². The van der Waals surface area contributed by atoms with Crippen LogP contribution < -0.4 is 10.6 Å². The number of amides is 3. The first-order valence-corrected chi connectivity index (χ1v) is 14.5. The molecule has 0 saturated carbocycles. The fourth-order valence-corrected chi connectivity index (χ4v) is 4.58. The summed E-state index contributed by atoms with van der Waals surface area (Å²) in [5, 5.41) is 5.79. The van der Waals surface area contributed by atoms with Crippen LogP contribution in [0.5, 0.6) is 0 Å². The largest absolute Gasteiger partial charge is 0.444 e. The Kier molecular flexibility index (Phi) is 11.6. The number of hydrogen-bond donors (Lipinski definition) is 2. The summed E-state index contributed by atoms with van der Waals surface area (Å²) in [6.45, 7) is 15.1. The van der Waals surface area contributed by atoms with E-state index in [1.165, 1.54) is 0 Å². The van der Waals surface area contributed by atoms with Gasteiger partial charge in [-0.05, 0) is 82.7 Å². The summed E-state index contributed by atoms with van der Waals surface area (Å²) >= 11 is 1.58. The van der Waals surface area contributed by atoms with Crippen LogP contribution in [0.3, 0.4) is 0 Å². The molecule has 0 aliphatic carbocycles. The predicted octanol–water partition coefficient (Wildman–Crippen LogP) is 5.96. The number of rotatable bonds is 11. The standard InChI is InChI=1S/C31H43N3O4S/c1-9-22-16-13-17-24(20-22)26(27(35)32-21-23-14-11-10-12-15-23)34(30(2,3)4)28(36)25(18-19-39-8)33-29(37)38-31(5,6)7/h9-17,20,25-26H,1,18-19,21H2,2-8H3,(H,32,35)(H,33,37). The maximum absolute atomic E-state index is 14.3. The van der Waals surface area contributed by atoms with Gasteiger partial charge in [0.2, 0.25) is 11.8 Å². The lowest BCUT2D eigenvalue weighted by atomic mass is 9.94. The zero-order chi connectivity index (χ0) is 29.2. The van der Waals surface area contributed by atoms with Crippen molar-refractivity contribution in [3.8, 4) is 0 Å². The molecular weight excluding hydrogens is 510 g/mol. The predicted molar refractivity (Wildman–Crippen MR) is 160 cm³/mol. The fraction of sp³-hybridized carbons (Fsp3) is 0.452. The number of carbonyl (C=O) groups is 3. The Morgan fingerprint density at radius 3 is 2.26 bits per heavy atom. The number of thioether (sulfide) groups is 1. The average Bonchev–Trinajstić information content (AvgIpc) is 2.86. The lowest BCUT2D eigenvalue weighted by molar-refractivity contribution is -0.148. The Bertz CT molecular complexity index is 1120. The van der Waals surface area contributed by atoms with Crippen molar-refractivity contribution in [1.29, 1.82) is 0 Å². The first kappa shape index (κ1) is 32.0. The summed E-state index contributed by atoms with van der Waals surface area (Å²) in [5.74, 6) is -0.0309. The van der Waals surface area contributed by atoms with Gasteiger partial charge in [0, 0.05) is 12.1 Å². The highest BCUT2D eigenvalue weighted by molar-refractivity contribution is 7.98. The minimum atomic E-state index is -0.946. The first-order chi connectivity index (χ1) is 18.3. The molecule has 212 valence electrons. The number of hydrogen-bond acceptors (Lipinski definition) is 5. The number of carbonyl (C=O) groups excluding carboxylic acids is 3. The quantitative estimate of drug-likeness (QED) is 0.359. The second kappa shape index (κ2) is 14.2. The zero-order valence-electron chi connectivity index (χ0n) is 24.2. The van der Waals surface area contributed by atoms with Crippen LogP contribution in [0.15, 0.2) is 61.2 Å². The van der Waals surface area contributed by atoms with Crippen LogP contribution in [-0.2, 0) is 20.9 Å². The van der Waals surface area contributed by atoms with Gasteiger partial charge in [-0.2, -0.15) is 11.8 Å². The molecule has 0 radical (unpaired) electrons. The molecule has 7 nitrogen and oxygen atoms in total. The van der Waals surface area contributed by atoms with Gasteiger partial charge < -0.3 is 20.3 Å². The summed E-state index contributed by atoms with van der Waals surface area (Å²) < 4.78 is 5.46. The van der Waals surface area contributed by atoms with Crippen LogP contribution in [0.2, 0.25) is 0 Å². The lowest BCUT2D eigenvalue weighted by Gasteiger charge is -2.43. The van der Waals surface area contributed by atoms with Gasteiger partial charge >= 0.3 is 6.09 Å². The molecule has 0 saturated heterocycles. The molecule has 2 unspecified atom stereocenters. The SMILES string of the molecule is C=Cc1cccc(C(C(=O)NCc2ccccc2)N(C(=O)C(CCSC)NC(=O)OC(C)(C)C)C(C)(C)C)c1. The average molecular weight is 554 g/mol. The number of ether oxygens (including phenoxy) is 1. The molecule has 2 aromatic rings. The first-order valence-electron chi connectivity index (χ1n) is 13.1. The molecule has 2 N–H and O–H groups in total. The summed E-state index contributed by atoms with van der Waals surface area (Å²) in [7, 11) is 0. The van der Waals surface area contributed by atoms with Gasteiger partial charge in [-0.3, -0.25) is 9.59 Å². The van der Waals surface area contributed by atoms with E-state index in [2.05, 4.69) is 17.2 Å². The van der Waals surface area contributed by atoms with E-state index in [0.717, 1.165) is 11.1 Å². The second-order valence-corrected chi connectivity index (χ2v) is 12.3. The summed E-state index contributed by atoms with van der Waals surface area (Å²) in [6, 6.07) is 15.2. The smallest absolute Gasteiger partial charge is 0.408 e. The van der Waals surface area contributed by atoms with Gasteiger partial charge in [0.1, 0.15) is 17.7 Å². The van der Waals surface area contributed by atoms with Crippen molar-refractivity contribution in [2.75, 3.05) is 12.0 Å². The maximum Gasteiger partial charge on any atom is 0.408 e. The molecule has 2 rings (SSSR count). The molecule has 0 heterocycles. The third kappa shape index (κ3) is 10.1. The van der Waals surface area contributed by atoms with Crippen LogP contribution in [0.25, 0.3) is 6.08 Å². The minimum Gasteiger partial charge on any atom is -0.444 e. The van der Waals surface area contributed by atoms with Crippen LogP contribution in [0, 0.1) is 0 Å². The third-order valence-corrected chi connectivity index (χ3v) is 6.48. The second-order valence-electron chi connectivity index (χ2n) is 11.3. The van der Waals surface area contributed by atoms with E-state index in [9.17, 15) is 14.4 Å². The van der Waals surface area contributed by atoms with E-state index in [1.807, 2.05) is 81.6 Å². The molecule has 0 aromatic heterocycles. The van der Waals surface area contributed by atoms with E-state index in [0.29, 0.717) is 24.3 Å². The monoisotopic (exact) mass is 553 g/mol. The molecule has 0 bridgehead atoms. The van der Waals surface area contributed by atoms with Gasteiger partial charge in [-0.25, -0.2) is 4.79 Å². The third-order valence-electron chi connectivity index (χ3n) is 5.84. The minimum absolute atomic E-state index is 0.315. The highest BCUT2D eigenvalue weighted by Crippen LogP contribution is 2.31. The van der Waals surface area contributed by atoms with Gasteiger partial charge in [0.25, 0.3) is 0 Å². The Morgan fingerprint density at radius 1 is 1.03 bits per heavy atom. The van der Waals surface area contributed by atoms with Crippen molar-refractivity contribution < 1.29 is 19.1 Å². The maximum atomic E-state index is 14.3. The molecule has 0 spiro atoms. The zero-order valence-corrected chi connectivity index (χ0v) is 25.1. The van der Waals surface area contributed by atoms with Crippen molar-refractivity contribution in [3.05, 3.63) is 77.9 Å². The van der Waals surface area contributed by atoms with E-state index in [1.54, 1.807) is 43.5 Å². The van der Waals surface area contributed by atoms with Crippen LogP contribution in [-0.4, -0.2) is 52.0 Å². The Hall–Kier alpha value is -3.26. The molecule has 39 heavy (non-hydrogen) atoms. The normalized spacial score (nSPS) is 13.1. The van der Waals surface area contributed by atoms with Crippen molar-refractivity contribution >= 4 is 35.7 Å². The molecule has 0 aliphatic rings. The number of alkyl carbamates (subject to hydrolysis) is 1. The highest BCUT2D eigenvalue weighted by atomic mass is 32.2. The number of nitrogens with one attached hydrogen (secondary N) is 2. The molecule has 3 amide bonds. The van der Waals surface area contributed by atoms with Crippen LogP contribution in [0.1, 0.15) is 70.7 Å². The van der Waals surface area contributed by atoms with E-state index in [-0.39, 0.29) is 11.8 Å². The summed E-state index contributed by atoms with van der Waals surface area (Å²) in [6.07, 6.45) is 3.36. The number of nitrogens with zero attached hydrogens (tertiary/aromatic N) is 1. The van der Waals surface area contributed by atoms with E-state index in [4.69, 9.17) is 4.74 Å². The Balaban J connectivity index is 2.53. The Morgan fingerprint density at radius 2 is 1.69 bits per heavy atom. The molecule has 2 atom stereocenters. The van der Waals surface area contributed by atoms with Crippen molar-refractivity contribution in [3.63, 3.8) is 0 Å². The molecule has 2 aromatic carbocycles. The van der Waals surface area contributed by atoms with Crippen LogP contribution >= 0.6 is 11.8 Å². The van der Waals surface area contributed by atoms with Crippen molar-refractivity contribution in [2.45, 2.75) is 77.7 Å². The molecule has 0 aliphatic heterocycles. The lowest BCUT2D eigenvalue weighted by Crippen LogP contribution is -2.58. The number of benzene rings is 2. The molecule has 0 fully saturated rings. The summed E-state index contributed by atoms with van der Waals surface area (Å²) in [5.41, 5.74) is 0.958.